The van der Waals surface area contributed by atoms with Crippen molar-refractivity contribution in [2.75, 3.05) is 28.6 Å². The Labute approximate surface area is 181 Å². The SMILES string of the molecule is CCN(CC)c1ccc(NC(=O)c2ccccc2NC(=O)c2ccccc2Cl)cc1. The zero-order chi connectivity index (χ0) is 21.5. The molecule has 154 valence electrons. The van der Waals surface area contributed by atoms with Crippen LogP contribution in [0.15, 0.2) is 72.8 Å². The van der Waals surface area contributed by atoms with Gasteiger partial charge in [-0.3, -0.25) is 9.59 Å². The van der Waals surface area contributed by atoms with Gasteiger partial charge in [0.1, 0.15) is 0 Å². The van der Waals surface area contributed by atoms with Gasteiger partial charge in [0.05, 0.1) is 21.8 Å². The Morgan fingerprint density at radius 2 is 1.33 bits per heavy atom. The molecule has 0 heterocycles. The molecule has 0 aliphatic carbocycles. The molecule has 3 aromatic rings. The normalized spacial score (nSPS) is 10.4. The summed E-state index contributed by atoms with van der Waals surface area (Å²) < 4.78 is 0. The smallest absolute Gasteiger partial charge is 0.257 e. The van der Waals surface area contributed by atoms with Gasteiger partial charge in [0.15, 0.2) is 0 Å². The largest absolute Gasteiger partial charge is 0.372 e. The predicted molar refractivity (Wildman–Crippen MR) is 124 cm³/mol. The topological polar surface area (TPSA) is 61.4 Å². The van der Waals surface area contributed by atoms with Gasteiger partial charge in [-0.05, 0) is 62.4 Å². The van der Waals surface area contributed by atoms with E-state index in [0.717, 1.165) is 18.8 Å². The molecule has 30 heavy (non-hydrogen) atoms. The van der Waals surface area contributed by atoms with Gasteiger partial charge in [0.25, 0.3) is 11.8 Å². The Kier molecular flexibility index (Phi) is 7.09. The van der Waals surface area contributed by atoms with E-state index in [1.165, 1.54) is 0 Å². The maximum Gasteiger partial charge on any atom is 0.257 e. The number of para-hydroxylation sites is 1. The van der Waals surface area contributed by atoms with Gasteiger partial charge in [-0.25, -0.2) is 0 Å². The quantitative estimate of drug-likeness (QED) is 0.515. The molecule has 0 aliphatic rings. The van der Waals surface area contributed by atoms with Gasteiger partial charge >= 0.3 is 0 Å². The zero-order valence-corrected chi connectivity index (χ0v) is 17.7. The first-order chi connectivity index (χ1) is 14.5. The molecular formula is C24H24ClN3O2. The van der Waals surface area contributed by atoms with Crippen LogP contribution in [0.4, 0.5) is 17.1 Å². The molecule has 3 rings (SSSR count). The summed E-state index contributed by atoms with van der Waals surface area (Å²) in [6, 6.07) is 21.4. The first-order valence-electron chi connectivity index (χ1n) is 9.84. The van der Waals surface area contributed by atoms with Crippen LogP contribution in [0.1, 0.15) is 34.6 Å². The highest BCUT2D eigenvalue weighted by Crippen LogP contribution is 2.22. The van der Waals surface area contributed by atoms with Crippen LogP contribution in [0.3, 0.4) is 0 Å². The van der Waals surface area contributed by atoms with Crippen LogP contribution in [0.25, 0.3) is 0 Å². The third kappa shape index (κ3) is 4.99. The molecule has 2 amide bonds. The number of hydrogen-bond acceptors (Lipinski definition) is 3. The fraction of sp³-hybridized carbons (Fsp3) is 0.167. The lowest BCUT2D eigenvalue weighted by Gasteiger charge is -2.21. The van der Waals surface area contributed by atoms with Gasteiger partial charge in [-0.2, -0.15) is 0 Å². The molecule has 0 fully saturated rings. The monoisotopic (exact) mass is 421 g/mol. The van der Waals surface area contributed by atoms with Crippen LogP contribution in [0.2, 0.25) is 5.02 Å². The summed E-state index contributed by atoms with van der Waals surface area (Å²) in [5.41, 5.74) is 2.92. The molecule has 0 saturated heterocycles. The van der Waals surface area contributed by atoms with E-state index in [9.17, 15) is 9.59 Å². The zero-order valence-electron chi connectivity index (χ0n) is 17.0. The second-order valence-electron chi connectivity index (χ2n) is 6.65. The van der Waals surface area contributed by atoms with Crippen LogP contribution in [-0.2, 0) is 0 Å². The summed E-state index contributed by atoms with van der Waals surface area (Å²) in [5.74, 6) is -0.676. The minimum absolute atomic E-state index is 0.305. The molecule has 0 atom stereocenters. The molecule has 0 aliphatic heterocycles. The number of anilines is 3. The lowest BCUT2D eigenvalue weighted by Crippen LogP contribution is -2.21. The van der Waals surface area contributed by atoms with E-state index in [-0.39, 0.29) is 11.8 Å². The van der Waals surface area contributed by atoms with E-state index < -0.39 is 0 Å². The van der Waals surface area contributed by atoms with E-state index >= 15 is 0 Å². The molecule has 3 aromatic carbocycles. The Hall–Kier alpha value is -3.31. The minimum Gasteiger partial charge on any atom is -0.372 e. The predicted octanol–water partition coefficient (Wildman–Crippen LogP) is 5.69. The minimum atomic E-state index is -0.371. The average Bonchev–Trinajstić information content (AvgIpc) is 2.76. The highest BCUT2D eigenvalue weighted by Gasteiger charge is 2.16. The van der Waals surface area contributed by atoms with Gasteiger partial charge < -0.3 is 15.5 Å². The number of benzene rings is 3. The maximum absolute atomic E-state index is 12.9. The number of nitrogens with one attached hydrogen (secondary N) is 2. The van der Waals surface area contributed by atoms with Crippen LogP contribution in [-0.4, -0.2) is 24.9 Å². The number of rotatable bonds is 7. The summed E-state index contributed by atoms with van der Waals surface area (Å²) in [6.45, 7) is 6.04. The Morgan fingerprint density at radius 1 is 0.767 bits per heavy atom. The van der Waals surface area contributed by atoms with Crippen LogP contribution < -0.4 is 15.5 Å². The fourth-order valence-electron chi connectivity index (χ4n) is 3.17. The molecule has 2 N–H and O–H groups in total. The maximum atomic E-state index is 12.9. The van der Waals surface area contributed by atoms with E-state index in [4.69, 9.17) is 11.6 Å². The highest BCUT2D eigenvalue weighted by atomic mass is 35.5. The number of halogens is 1. The van der Waals surface area contributed by atoms with E-state index in [1.54, 1.807) is 48.5 Å². The molecule has 5 nitrogen and oxygen atoms in total. The lowest BCUT2D eigenvalue weighted by molar-refractivity contribution is 0.102. The lowest BCUT2D eigenvalue weighted by atomic mass is 10.1. The van der Waals surface area contributed by atoms with Crippen molar-refractivity contribution >= 4 is 40.5 Å². The molecule has 0 bridgehead atoms. The van der Waals surface area contributed by atoms with Gasteiger partial charge in [-0.15, -0.1) is 0 Å². The first kappa shape index (κ1) is 21.4. The highest BCUT2D eigenvalue weighted by molar-refractivity contribution is 6.34. The molecular weight excluding hydrogens is 398 g/mol. The van der Waals surface area contributed by atoms with Crippen LogP contribution in [0.5, 0.6) is 0 Å². The van der Waals surface area contributed by atoms with Crippen molar-refractivity contribution in [2.24, 2.45) is 0 Å². The third-order valence-corrected chi connectivity index (χ3v) is 5.12. The Balaban J connectivity index is 1.76. The van der Waals surface area contributed by atoms with Crippen molar-refractivity contribution in [3.05, 3.63) is 88.9 Å². The number of nitrogens with zero attached hydrogens (tertiary/aromatic N) is 1. The first-order valence-corrected chi connectivity index (χ1v) is 10.2. The summed E-state index contributed by atoms with van der Waals surface area (Å²) >= 11 is 6.11. The summed E-state index contributed by atoms with van der Waals surface area (Å²) in [5, 5.41) is 6.03. The molecule has 0 spiro atoms. The Bertz CT molecular complexity index is 1030. The summed E-state index contributed by atoms with van der Waals surface area (Å²) in [7, 11) is 0. The fourth-order valence-corrected chi connectivity index (χ4v) is 3.39. The number of carbonyl (C=O) groups is 2. The second kappa shape index (κ2) is 9.94. The summed E-state index contributed by atoms with van der Waals surface area (Å²) in [4.78, 5) is 27.7. The van der Waals surface area contributed by atoms with E-state index in [0.29, 0.717) is 27.5 Å². The summed E-state index contributed by atoms with van der Waals surface area (Å²) in [6.07, 6.45) is 0. The van der Waals surface area contributed by atoms with Crippen LogP contribution >= 0.6 is 11.6 Å². The second-order valence-corrected chi connectivity index (χ2v) is 7.06. The number of hydrogen-bond donors (Lipinski definition) is 2. The molecule has 6 heteroatoms. The molecule has 0 aromatic heterocycles. The van der Waals surface area contributed by atoms with Crippen molar-refractivity contribution in [2.45, 2.75) is 13.8 Å². The molecule has 0 saturated carbocycles. The Morgan fingerprint density at radius 3 is 1.97 bits per heavy atom. The standard InChI is InChI=1S/C24H24ClN3O2/c1-3-28(4-2)18-15-13-17(14-16-18)26-24(30)20-10-6-8-12-22(20)27-23(29)19-9-5-7-11-21(19)25/h5-16H,3-4H2,1-2H3,(H,26,30)(H,27,29). The molecule has 0 unspecified atom stereocenters. The van der Waals surface area contributed by atoms with Crippen molar-refractivity contribution < 1.29 is 9.59 Å². The van der Waals surface area contributed by atoms with Crippen molar-refractivity contribution in [3.8, 4) is 0 Å². The van der Waals surface area contributed by atoms with Gasteiger partial charge in [0.2, 0.25) is 0 Å². The van der Waals surface area contributed by atoms with Crippen molar-refractivity contribution in [1.82, 2.24) is 0 Å². The van der Waals surface area contributed by atoms with Gasteiger partial charge in [-0.1, -0.05) is 35.9 Å². The third-order valence-electron chi connectivity index (χ3n) is 4.79. The van der Waals surface area contributed by atoms with E-state index in [1.807, 2.05) is 24.3 Å². The van der Waals surface area contributed by atoms with Gasteiger partial charge in [0, 0.05) is 24.5 Å². The number of amides is 2. The average molecular weight is 422 g/mol. The van der Waals surface area contributed by atoms with E-state index in [2.05, 4.69) is 29.4 Å². The van der Waals surface area contributed by atoms with Crippen molar-refractivity contribution in [3.63, 3.8) is 0 Å². The van der Waals surface area contributed by atoms with Crippen LogP contribution in [0, 0.1) is 0 Å². The molecule has 0 radical (unpaired) electrons. The number of carbonyl (C=O) groups excluding carboxylic acids is 2. The van der Waals surface area contributed by atoms with Crippen molar-refractivity contribution in [1.29, 1.82) is 0 Å².